The van der Waals surface area contributed by atoms with Gasteiger partial charge in [0.15, 0.2) is 0 Å². The van der Waals surface area contributed by atoms with E-state index in [-0.39, 0.29) is 12.7 Å². The van der Waals surface area contributed by atoms with Crippen molar-refractivity contribution in [1.29, 1.82) is 0 Å². The third-order valence-electron chi connectivity index (χ3n) is 3.07. The van der Waals surface area contributed by atoms with Crippen LogP contribution in [0.15, 0.2) is 30.6 Å². The molecule has 21 heavy (non-hydrogen) atoms. The summed E-state index contributed by atoms with van der Waals surface area (Å²) in [7, 11) is 0. The molecule has 2 rings (SSSR count). The molecule has 0 atom stereocenters. The second-order valence-electron chi connectivity index (χ2n) is 5.33. The van der Waals surface area contributed by atoms with E-state index in [1.165, 1.54) is 0 Å². The van der Waals surface area contributed by atoms with Crippen molar-refractivity contribution in [2.24, 2.45) is 0 Å². The topological polar surface area (TPSA) is 59.3 Å². The Morgan fingerprint density at radius 2 is 2.19 bits per heavy atom. The Morgan fingerprint density at radius 3 is 2.86 bits per heavy atom. The number of aromatic nitrogens is 2. The van der Waals surface area contributed by atoms with E-state index in [9.17, 15) is 0 Å². The van der Waals surface area contributed by atoms with Gasteiger partial charge in [-0.2, -0.15) is 5.10 Å². The molecule has 1 aromatic carbocycles. The number of ether oxygens (including phenoxy) is 1. The monoisotopic (exact) mass is 289 g/mol. The molecule has 0 bridgehead atoms. The van der Waals surface area contributed by atoms with Crippen molar-refractivity contribution < 1.29 is 9.84 Å². The van der Waals surface area contributed by atoms with Crippen molar-refractivity contribution in [3.05, 3.63) is 41.7 Å². The number of hydrogen-bond donors (Lipinski definition) is 2. The van der Waals surface area contributed by atoms with Crippen LogP contribution in [-0.4, -0.2) is 27.6 Å². The van der Waals surface area contributed by atoms with Gasteiger partial charge in [0.2, 0.25) is 0 Å². The van der Waals surface area contributed by atoms with E-state index >= 15 is 0 Å². The molecule has 5 heteroatoms. The molecular formula is C16H23N3O2. The Morgan fingerprint density at radius 1 is 1.38 bits per heavy atom. The van der Waals surface area contributed by atoms with Crippen molar-refractivity contribution in [3.63, 3.8) is 0 Å². The number of aliphatic hydroxyl groups is 1. The average Bonchev–Trinajstić information content (AvgIpc) is 2.85. The fourth-order valence-corrected chi connectivity index (χ4v) is 2.10. The molecule has 1 heterocycles. The number of aryl methyl sites for hydroxylation is 1. The Kier molecular flexibility index (Phi) is 5.22. The maximum Gasteiger partial charge on any atom is 0.120 e. The van der Waals surface area contributed by atoms with Crippen LogP contribution in [-0.2, 0) is 13.1 Å². The van der Waals surface area contributed by atoms with Gasteiger partial charge in [-0.1, -0.05) is 0 Å². The van der Waals surface area contributed by atoms with Crippen LogP contribution in [0.5, 0.6) is 5.75 Å². The molecule has 0 aliphatic carbocycles. The van der Waals surface area contributed by atoms with Crippen LogP contribution >= 0.6 is 0 Å². The molecule has 0 aliphatic rings. The summed E-state index contributed by atoms with van der Waals surface area (Å²) in [6, 6.07) is 6.05. The number of anilines is 1. The quantitative estimate of drug-likeness (QED) is 0.822. The lowest BCUT2D eigenvalue weighted by molar-refractivity contribution is 0.242. The van der Waals surface area contributed by atoms with E-state index in [0.717, 1.165) is 22.6 Å². The van der Waals surface area contributed by atoms with Crippen LogP contribution < -0.4 is 10.1 Å². The highest BCUT2D eigenvalue weighted by molar-refractivity contribution is 5.53. The summed E-state index contributed by atoms with van der Waals surface area (Å²) in [5.74, 6) is 0.892. The van der Waals surface area contributed by atoms with Crippen molar-refractivity contribution in [2.45, 2.75) is 40.0 Å². The van der Waals surface area contributed by atoms with E-state index in [1.54, 1.807) is 4.68 Å². The summed E-state index contributed by atoms with van der Waals surface area (Å²) in [6.07, 6.45) is 3.93. The Labute approximate surface area is 125 Å². The third kappa shape index (κ3) is 4.49. The zero-order valence-corrected chi connectivity index (χ0v) is 12.8. The summed E-state index contributed by atoms with van der Waals surface area (Å²) in [5.41, 5.74) is 3.32. The highest BCUT2D eigenvalue weighted by Crippen LogP contribution is 2.22. The smallest absolute Gasteiger partial charge is 0.120 e. The first kappa shape index (κ1) is 15.4. The van der Waals surface area contributed by atoms with E-state index in [1.807, 2.05) is 44.4 Å². The summed E-state index contributed by atoms with van der Waals surface area (Å²) >= 11 is 0. The van der Waals surface area contributed by atoms with Gasteiger partial charge in [-0.25, -0.2) is 0 Å². The normalized spacial score (nSPS) is 10.9. The van der Waals surface area contributed by atoms with Gasteiger partial charge in [0, 0.05) is 24.0 Å². The molecule has 2 aromatic rings. The first-order valence-electron chi connectivity index (χ1n) is 7.22. The number of aliphatic hydroxyl groups excluding tert-OH is 1. The minimum Gasteiger partial charge on any atom is -0.491 e. The Bertz CT molecular complexity index is 579. The van der Waals surface area contributed by atoms with Crippen molar-refractivity contribution >= 4 is 5.69 Å². The van der Waals surface area contributed by atoms with Gasteiger partial charge < -0.3 is 15.2 Å². The van der Waals surface area contributed by atoms with E-state index in [0.29, 0.717) is 13.1 Å². The number of nitrogens with zero attached hydrogens (tertiary/aromatic N) is 2. The van der Waals surface area contributed by atoms with Crippen molar-refractivity contribution in [3.8, 4) is 5.75 Å². The number of rotatable bonds is 7. The largest absolute Gasteiger partial charge is 0.491 e. The van der Waals surface area contributed by atoms with Gasteiger partial charge in [0.1, 0.15) is 5.75 Å². The van der Waals surface area contributed by atoms with Gasteiger partial charge in [0.05, 0.1) is 25.5 Å². The lowest BCUT2D eigenvalue weighted by atomic mass is 10.2. The summed E-state index contributed by atoms with van der Waals surface area (Å²) in [6.45, 7) is 7.43. The SMILES string of the molecule is Cc1cc(OC(C)C)ccc1NCc1cnn(CCO)c1. The minimum atomic E-state index is 0.102. The maximum absolute atomic E-state index is 8.87. The molecule has 2 N–H and O–H groups in total. The van der Waals surface area contributed by atoms with Gasteiger partial charge in [-0.3, -0.25) is 4.68 Å². The second kappa shape index (κ2) is 7.13. The number of benzene rings is 1. The van der Waals surface area contributed by atoms with Gasteiger partial charge >= 0.3 is 0 Å². The lowest BCUT2D eigenvalue weighted by Crippen LogP contribution is -2.06. The van der Waals surface area contributed by atoms with Crippen LogP contribution in [0.3, 0.4) is 0 Å². The summed E-state index contributed by atoms with van der Waals surface area (Å²) < 4.78 is 7.42. The lowest BCUT2D eigenvalue weighted by Gasteiger charge is -2.13. The first-order valence-corrected chi connectivity index (χ1v) is 7.22. The van der Waals surface area contributed by atoms with Crippen molar-refractivity contribution in [1.82, 2.24) is 9.78 Å². The molecule has 0 spiro atoms. The van der Waals surface area contributed by atoms with Gasteiger partial charge in [-0.05, 0) is 44.5 Å². The van der Waals surface area contributed by atoms with E-state index in [2.05, 4.69) is 17.3 Å². The summed E-state index contributed by atoms with van der Waals surface area (Å²) in [5, 5.41) is 16.5. The molecule has 0 radical (unpaired) electrons. The van der Waals surface area contributed by atoms with Gasteiger partial charge in [0.25, 0.3) is 0 Å². The number of hydrogen-bond acceptors (Lipinski definition) is 4. The third-order valence-corrected chi connectivity index (χ3v) is 3.07. The molecule has 114 valence electrons. The van der Waals surface area contributed by atoms with Gasteiger partial charge in [-0.15, -0.1) is 0 Å². The van der Waals surface area contributed by atoms with Crippen LogP contribution in [0.2, 0.25) is 0 Å². The predicted octanol–water partition coefficient (Wildman–Crippen LogP) is 2.58. The Balaban J connectivity index is 1.96. The predicted molar refractivity (Wildman–Crippen MR) is 83.6 cm³/mol. The fraction of sp³-hybridized carbons (Fsp3) is 0.438. The van der Waals surface area contributed by atoms with E-state index in [4.69, 9.17) is 9.84 Å². The molecule has 0 fully saturated rings. The molecule has 0 unspecified atom stereocenters. The zero-order chi connectivity index (χ0) is 15.2. The minimum absolute atomic E-state index is 0.102. The maximum atomic E-state index is 8.87. The van der Waals surface area contributed by atoms with Crippen LogP contribution in [0.1, 0.15) is 25.0 Å². The van der Waals surface area contributed by atoms with E-state index < -0.39 is 0 Å². The molecule has 5 nitrogen and oxygen atoms in total. The standard InChI is InChI=1S/C16H23N3O2/c1-12(2)21-15-4-5-16(13(3)8-15)17-9-14-10-18-19(11-14)6-7-20/h4-5,8,10-12,17,20H,6-7,9H2,1-3H3. The summed E-state index contributed by atoms with van der Waals surface area (Å²) in [4.78, 5) is 0. The highest BCUT2D eigenvalue weighted by atomic mass is 16.5. The second-order valence-corrected chi connectivity index (χ2v) is 5.33. The number of nitrogens with one attached hydrogen (secondary N) is 1. The molecule has 1 aromatic heterocycles. The fourth-order valence-electron chi connectivity index (χ4n) is 2.10. The molecule has 0 saturated heterocycles. The molecule has 0 aliphatic heterocycles. The highest BCUT2D eigenvalue weighted by Gasteiger charge is 2.04. The Hall–Kier alpha value is -2.01. The zero-order valence-electron chi connectivity index (χ0n) is 12.8. The first-order chi connectivity index (χ1) is 10.1. The van der Waals surface area contributed by atoms with Crippen LogP contribution in [0.25, 0.3) is 0 Å². The van der Waals surface area contributed by atoms with Crippen LogP contribution in [0.4, 0.5) is 5.69 Å². The molecular weight excluding hydrogens is 266 g/mol. The van der Waals surface area contributed by atoms with Crippen LogP contribution in [0, 0.1) is 6.92 Å². The molecule has 0 amide bonds. The molecule has 0 saturated carbocycles. The van der Waals surface area contributed by atoms with Crippen molar-refractivity contribution in [2.75, 3.05) is 11.9 Å². The average molecular weight is 289 g/mol.